The van der Waals surface area contributed by atoms with Crippen LogP contribution in [0.3, 0.4) is 0 Å². The summed E-state index contributed by atoms with van der Waals surface area (Å²) in [4.78, 5) is 2.46. The first-order chi connectivity index (χ1) is 11.7. The van der Waals surface area contributed by atoms with Gasteiger partial charge in [-0.1, -0.05) is 6.07 Å². The van der Waals surface area contributed by atoms with Gasteiger partial charge in [0.2, 0.25) is 0 Å². The zero-order valence-electron chi connectivity index (χ0n) is 13.7. The normalized spacial score (nSPS) is 26.8. The molecule has 0 unspecified atom stereocenters. The fourth-order valence-electron chi connectivity index (χ4n) is 4.14. The Labute approximate surface area is 145 Å². The number of nitrogens with two attached hydrogens (primary N) is 1. The van der Waals surface area contributed by atoms with Crippen LogP contribution >= 0.6 is 11.7 Å². The van der Waals surface area contributed by atoms with Crippen molar-refractivity contribution in [1.29, 1.82) is 0 Å². The zero-order chi connectivity index (χ0) is 16.6. The second-order valence-corrected chi connectivity index (χ2v) is 7.52. The lowest BCUT2D eigenvalue weighted by Gasteiger charge is -2.56. The third-order valence-electron chi connectivity index (χ3n) is 5.69. The van der Waals surface area contributed by atoms with Crippen molar-refractivity contribution in [3.05, 3.63) is 23.8 Å². The second kappa shape index (κ2) is 6.65. The summed E-state index contributed by atoms with van der Waals surface area (Å²) < 4.78 is 14.4. The number of aliphatic hydroxyl groups excluding tert-OH is 1. The van der Waals surface area contributed by atoms with Gasteiger partial charge in [-0.05, 0) is 43.6 Å². The molecule has 0 bridgehead atoms. The van der Waals surface area contributed by atoms with Gasteiger partial charge in [-0.3, -0.25) is 4.90 Å². The Morgan fingerprint density at radius 2 is 2.08 bits per heavy atom. The van der Waals surface area contributed by atoms with Crippen molar-refractivity contribution in [2.75, 3.05) is 26.2 Å². The highest BCUT2D eigenvalue weighted by molar-refractivity contribution is 7.00. The lowest BCUT2D eigenvalue weighted by atomic mass is 9.58. The minimum absolute atomic E-state index is 0.0472. The fourth-order valence-corrected chi connectivity index (χ4v) is 4.65. The van der Waals surface area contributed by atoms with Crippen LogP contribution in [0.15, 0.2) is 18.2 Å². The summed E-state index contributed by atoms with van der Waals surface area (Å²) in [6, 6.07) is 6.32. The molecule has 6 nitrogen and oxygen atoms in total. The van der Waals surface area contributed by atoms with E-state index in [4.69, 9.17) is 10.5 Å². The van der Waals surface area contributed by atoms with Crippen LogP contribution in [-0.4, -0.2) is 57.2 Å². The Hall–Kier alpha value is -1.12. The van der Waals surface area contributed by atoms with E-state index in [9.17, 15) is 5.11 Å². The van der Waals surface area contributed by atoms with E-state index in [-0.39, 0.29) is 17.6 Å². The van der Waals surface area contributed by atoms with Crippen LogP contribution in [0, 0.1) is 5.41 Å². The molecule has 2 aromatic rings. The molecule has 4 rings (SSSR count). The number of rotatable bonds is 5. The standard InChI is InChI=1S/C17H24N4O2S/c18-5-8-23-16-10-15(22)17(16)3-6-21(7-4-17)11-12-1-2-13-14(9-12)20-24-19-13/h1-2,9,15-16,22H,3-8,10-11,18H2/t15-,16+/m1/s1. The van der Waals surface area contributed by atoms with Crippen molar-refractivity contribution in [3.8, 4) is 0 Å². The smallest absolute Gasteiger partial charge is 0.105 e. The highest BCUT2D eigenvalue weighted by Gasteiger charge is 2.55. The van der Waals surface area contributed by atoms with Crippen molar-refractivity contribution in [2.45, 2.75) is 38.0 Å². The number of likely N-dealkylation sites (tertiary alicyclic amines) is 1. The molecule has 1 aliphatic heterocycles. The van der Waals surface area contributed by atoms with Gasteiger partial charge >= 0.3 is 0 Å². The van der Waals surface area contributed by atoms with E-state index in [2.05, 4.69) is 25.8 Å². The maximum absolute atomic E-state index is 10.3. The van der Waals surface area contributed by atoms with Gasteiger partial charge in [0.15, 0.2) is 0 Å². The minimum atomic E-state index is -0.222. The summed E-state index contributed by atoms with van der Waals surface area (Å²) >= 11 is 1.26. The van der Waals surface area contributed by atoms with Crippen LogP contribution < -0.4 is 5.73 Å². The molecule has 2 atom stereocenters. The third-order valence-corrected chi connectivity index (χ3v) is 6.25. The van der Waals surface area contributed by atoms with Gasteiger partial charge in [0.05, 0.1) is 30.5 Å². The van der Waals surface area contributed by atoms with Gasteiger partial charge < -0.3 is 15.6 Å². The highest BCUT2D eigenvalue weighted by atomic mass is 32.1. The predicted molar refractivity (Wildman–Crippen MR) is 93.8 cm³/mol. The molecule has 1 aromatic carbocycles. The van der Waals surface area contributed by atoms with Gasteiger partial charge in [0.1, 0.15) is 11.0 Å². The number of hydrogen-bond acceptors (Lipinski definition) is 7. The molecule has 0 radical (unpaired) electrons. The number of aromatic nitrogens is 2. The number of aliphatic hydroxyl groups is 1. The summed E-state index contributed by atoms with van der Waals surface area (Å²) in [5.41, 5.74) is 8.72. The van der Waals surface area contributed by atoms with E-state index in [1.165, 1.54) is 17.3 Å². The molecular formula is C17H24N4O2S. The molecule has 1 spiro atoms. The van der Waals surface area contributed by atoms with Gasteiger partial charge in [0, 0.05) is 24.9 Å². The fraction of sp³-hybridized carbons (Fsp3) is 0.647. The van der Waals surface area contributed by atoms with Crippen LogP contribution in [0.25, 0.3) is 11.0 Å². The molecule has 130 valence electrons. The molecule has 1 aliphatic carbocycles. The maximum atomic E-state index is 10.3. The molecule has 2 aliphatic rings. The third kappa shape index (κ3) is 2.84. The first kappa shape index (κ1) is 16.4. The SMILES string of the molecule is NCCO[C@H]1C[C@@H](O)C12CCN(Cc1ccc3nsnc3c1)CC2. The number of benzene rings is 1. The minimum Gasteiger partial charge on any atom is -0.392 e. The summed E-state index contributed by atoms with van der Waals surface area (Å²) in [5, 5.41) is 10.3. The topological polar surface area (TPSA) is 84.5 Å². The molecule has 1 saturated heterocycles. The Morgan fingerprint density at radius 1 is 1.29 bits per heavy atom. The van der Waals surface area contributed by atoms with Crippen molar-refractivity contribution in [3.63, 3.8) is 0 Å². The number of hydrogen-bond donors (Lipinski definition) is 2. The highest BCUT2D eigenvalue weighted by Crippen LogP contribution is 2.51. The predicted octanol–water partition coefficient (Wildman–Crippen LogP) is 1.38. The monoisotopic (exact) mass is 348 g/mol. The first-order valence-corrected chi connectivity index (χ1v) is 9.37. The Morgan fingerprint density at radius 3 is 2.83 bits per heavy atom. The van der Waals surface area contributed by atoms with Crippen molar-refractivity contribution in [2.24, 2.45) is 11.1 Å². The van der Waals surface area contributed by atoms with Gasteiger partial charge in [0.25, 0.3) is 0 Å². The van der Waals surface area contributed by atoms with Crippen LogP contribution in [0.2, 0.25) is 0 Å². The molecule has 1 saturated carbocycles. The molecule has 0 amide bonds. The number of ether oxygens (including phenoxy) is 1. The van der Waals surface area contributed by atoms with Crippen molar-refractivity contribution in [1.82, 2.24) is 13.6 Å². The zero-order valence-corrected chi connectivity index (χ0v) is 14.5. The molecule has 2 heterocycles. The lowest BCUT2D eigenvalue weighted by molar-refractivity contribution is -0.210. The van der Waals surface area contributed by atoms with Crippen LogP contribution in [0.5, 0.6) is 0 Å². The molecule has 1 aromatic heterocycles. The van der Waals surface area contributed by atoms with E-state index in [1.807, 2.05) is 6.07 Å². The molecule has 24 heavy (non-hydrogen) atoms. The average Bonchev–Trinajstić information content (AvgIpc) is 3.07. The maximum Gasteiger partial charge on any atom is 0.105 e. The van der Waals surface area contributed by atoms with Gasteiger partial charge in [-0.2, -0.15) is 8.75 Å². The largest absolute Gasteiger partial charge is 0.392 e. The number of nitrogens with zero attached hydrogens (tertiary/aromatic N) is 3. The van der Waals surface area contributed by atoms with Gasteiger partial charge in [-0.25, -0.2) is 0 Å². The van der Waals surface area contributed by atoms with E-state index in [0.29, 0.717) is 13.2 Å². The van der Waals surface area contributed by atoms with Crippen molar-refractivity contribution >= 4 is 22.8 Å². The quantitative estimate of drug-likeness (QED) is 0.849. The average molecular weight is 348 g/mol. The van der Waals surface area contributed by atoms with Crippen LogP contribution in [-0.2, 0) is 11.3 Å². The molecule has 7 heteroatoms. The summed E-state index contributed by atoms with van der Waals surface area (Å²) in [6.45, 7) is 4.04. The second-order valence-electron chi connectivity index (χ2n) is 7.00. The summed E-state index contributed by atoms with van der Waals surface area (Å²) in [7, 11) is 0. The van der Waals surface area contributed by atoms with Crippen molar-refractivity contribution < 1.29 is 9.84 Å². The Balaban J connectivity index is 1.37. The van der Waals surface area contributed by atoms with Crippen LogP contribution in [0.1, 0.15) is 24.8 Å². The Kier molecular flexibility index (Phi) is 4.53. The number of fused-ring (bicyclic) bond motifs is 1. The van der Waals surface area contributed by atoms with E-state index < -0.39 is 0 Å². The van der Waals surface area contributed by atoms with Crippen LogP contribution in [0.4, 0.5) is 0 Å². The lowest BCUT2D eigenvalue weighted by Crippen LogP contribution is -2.62. The molecule has 3 N–H and O–H groups in total. The molecular weight excluding hydrogens is 324 g/mol. The number of piperidine rings is 1. The Bertz CT molecular complexity index is 699. The molecule has 2 fully saturated rings. The van der Waals surface area contributed by atoms with E-state index in [1.54, 1.807) is 0 Å². The first-order valence-electron chi connectivity index (χ1n) is 8.64. The summed E-state index contributed by atoms with van der Waals surface area (Å²) in [5.74, 6) is 0. The summed E-state index contributed by atoms with van der Waals surface area (Å²) in [6.07, 6.45) is 2.69. The van der Waals surface area contributed by atoms with E-state index >= 15 is 0 Å². The van der Waals surface area contributed by atoms with E-state index in [0.717, 1.165) is 49.9 Å². The van der Waals surface area contributed by atoms with Gasteiger partial charge in [-0.15, -0.1) is 0 Å².